The molecule has 2 N–H and O–H groups in total. The Hall–Kier alpha value is -2.42. The molecule has 6 rings (SSSR count). The van der Waals surface area contributed by atoms with Crippen molar-refractivity contribution in [3.63, 3.8) is 0 Å². The van der Waals surface area contributed by atoms with Crippen LogP contribution in [0.15, 0.2) is 29.6 Å². The van der Waals surface area contributed by atoms with Crippen LogP contribution < -0.4 is 15.5 Å². The minimum Gasteiger partial charge on any atom is -0.381 e. The van der Waals surface area contributed by atoms with Gasteiger partial charge in [-0.3, -0.25) is 4.79 Å². The molecule has 0 spiro atoms. The number of thiophene rings is 1. The molecule has 2 bridgehead atoms. The lowest BCUT2D eigenvalue weighted by molar-refractivity contribution is -0.122. The number of carbonyl (C=O) groups is 1. The maximum Gasteiger partial charge on any atom is 0.228 e. The molecule has 3 aliphatic rings. The minimum atomic E-state index is -0.243. The summed E-state index contributed by atoms with van der Waals surface area (Å²) >= 11 is 8.27. The lowest BCUT2D eigenvalue weighted by atomic mass is 9.97. The second kappa shape index (κ2) is 9.22. The van der Waals surface area contributed by atoms with Crippen LogP contribution in [0.3, 0.4) is 0 Å². The monoisotopic (exact) mass is 511 g/mol. The molecule has 0 radical (unpaired) electrons. The number of aromatic nitrogens is 2. The molecule has 3 fully saturated rings. The number of amides is 1. The topological polar surface area (TPSA) is 84.6 Å². The molecular formula is C26H30ClN5O2S. The zero-order chi connectivity index (χ0) is 24.1. The van der Waals surface area contributed by atoms with E-state index in [0.717, 1.165) is 77.3 Å². The molecule has 3 aliphatic heterocycles. The van der Waals surface area contributed by atoms with Gasteiger partial charge in [0.2, 0.25) is 11.9 Å². The first-order valence-corrected chi connectivity index (χ1v) is 13.7. The van der Waals surface area contributed by atoms with Gasteiger partial charge in [-0.2, -0.15) is 4.98 Å². The molecule has 3 atom stereocenters. The van der Waals surface area contributed by atoms with Crippen LogP contribution in [-0.2, 0) is 9.53 Å². The molecule has 184 valence electrons. The number of nitrogens with two attached hydrogens (primary N) is 1. The summed E-state index contributed by atoms with van der Waals surface area (Å²) in [6.45, 7) is 1.40. The third-order valence-electron chi connectivity index (χ3n) is 7.94. The van der Waals surface area contributed by atoms with Crippen molar-refractivity contribution in [1.29, 1.82) is 0 Å². The molecule has 5 heterocycles. The fourth-order valence-electron chi connectivity index (χ4n) is 6.18. The summed E-state index contributed by atoms with van der Waals surface area (Å²) in [5.74, 6) is 1.28. The Bertz CT molecular complexity index is 1250. The number of fused-ring (bicyclic) bond motifs is 3. The third kappa shape index (κ3) is 4.05. The van der Waals surface area contributed by atoms with Crippen molar-refractivity contribution in [3.05, 3.63) is 34.7 Å². The van der Waals surface area contributed by atoms with Gasteiger partial charge in [-0.05, 0) is 44.6 Å². The number of anilines is 2. The first-order chi connectivity index (χ1) is 17.0. The fraction of sp³-hybridized carbons (Fsp3) is 0.500. The lowest BCUT2D eigenvalue weighted by Gasteiger charge is -2.40. The fourth-order valence-corrected chi connectivity index (χ4v) is 7.34. The molecule has 1 amide bonds. The zero-order valence-corrected chi connectivity index (χ0v) is 21.4. The van der Waals surface area contributed by atoms with Gasteiger partial charge < -0.3 is 20.3 Å². The average Bonchev–Trinajstić information content (AvgIpc) is 3.41. The molecule has 0 saturated carbocycles. The first-order valence-electron chi connectivity index (χ1n) is 12.4. The predicted octanol–water partition coefficient (Wildman–Crippen LogP) is 4.86. The van der Waals surface area contributed by atoms with Crippen LogP contribution in [-0.4, -0.2) is 54.3 Å². The van der Waals surface area contributed by atoms with Crippen molar-refractivity contribution in [1.82, 2.24) is 9.97 Å². The Morgan fingerprint density at radius 2 is 1.91 bits per heavy atom. The van der Waals surface area contributed by atoms with Crippen molar-refractivity contribution in [2.24, 2.45) is 11.7 Å². The number of benzene rings is 1. The molecule has 9 heteroatoms. The Kier molecular flexibility index (Phi) is 6.06. The number of hydrogen-bond acceptors (Lipinski definition) is 7. The summed E-state index contributed by atoms with van der Waals surface area (Å²) in [6.07, 6.45) is 6.33. The second-order valence-corrected chi connectivity index (χ2v) is 11.2. The number of ether oxygens (including phenoxy) is 1. The van der Waals surface area contributed by atoms with E-state index in [4.69, 9.17) is 32.0 Å². The summed E-state index contributed by atoms with van der Waals surface area (Å²) in [5, 5.41) is 3.95. The second-order valence-electron chi connectivity index (χ2n) is 9.97. The molecule has 3 unspecified atom stereocenters. The van der Waals surface area contributed by atoms with Crippen LogP contribution in [0.2, 0.25) is 5.02 Å². The largest absolute Gasteiger partial charge is 0.381 e. The van der Waals surface area contributed by atoms with Gasteiger partial charge in [0.15, 0.2) is 0 Å². The standard InChI is InChI=1S/C26H30ClN5O2S/c1-34-18-11-16-8-9-17(12-18)32(16)24-22-20(19-6-2-3-7-21(19)27)14-35-25(22)30-26(29-24)31-10-4-5-15(13-31)23(28)33/h2-3,6-7,14-18H,4-5,8-13H2,1H3,(H2,28,33). The van der Waals surface area contributed by atoms with Crippen LogP contribution in [0, 0.1) is 5.92 Å². The van der Waals surface area contributed by atoms with Gasteiger partial charge in [-0.25, -0.2) is 4.98 Å². The predicted molar refractivity (Wildman–Crippen MR) is 141 cm³/mol. The number of methoxy groups -OCH3 is 1. The smallest absolute Gasteiger partial charge is 0.228 e. The van der Waals surface area contributed by atoms with Gasteiger partial charge >= 0.3 is 0 Å². The minimum absolute atomic E-state index is 0.165. The van der Waals surface area contributed by atoms with Crippen LogP contribution in [0.4, 0.5) is 11.8 Å². The van der Waals surface area contributed by atoms with Gasteiger partial charge in [0.1, 0.15) is 10.6 Å². The summed E-state index contributed by atoms with van der Waals surface area (Å²) in [6, 6.07) is 8.75. The number of hydrogen-bond donors (Lipinski definition) is 1. The average molecular weight is 512 g/mol. The van der Waals surface area contributed by atoms with Gasteiger partial charge in [-0.15, -0.1) is 11.3 Å². The van der Waals surface area contributed by atoms with Crippen molar-refractivity contribution in [3.8, 4) is 11.1 Å². The van der Waals surface area contributed by atoms with E-state index in [0.29, 0.717) is 30.7 Å². The molecule has 1 aromatic carbocycles. The maximum absolute atomic E-state index is 11.9. The van der Waals surface area contributed by atoms with E-state index in [1.54, 1.807) is 11.3 Å². The summed E-state index contributed by atoms with van der Waals surface area (Å²) in [4.78, 5) is 27.8. The van der Waals surface area contributed by atoms with E-state index in [9.17, 15) is 4.79 Å². The van der Waals surface area contributed by atoms with E-state index < -0.39 is 0 Å². The van der Waals surface area contributed by atoms with Crippen LogP contribution in [0.5, 0.6) is 0 Å². The Balaban J connectivity index is 1.50. The highest BCUT2D eigenvalue weighted by Gasteiger charge is 2.43. The van der Waals surface area contributed by atoms with Gasteiger partial charge in [0, 0.05) is 53.8 Å². The first kappa shape index (κ1) is 23.0. The van der Waals surface area contributed by atoms with E-state index in [-0.39, 0.29) is 11.8 Å². The van der Waals surface area contributed by atoms with Crippen molar-refractivity contribution in [2.75, 3.05) is 30.0 Å². The SMILES string of the molecule is COC1CC2CCC(C1)N2c1nc(N2CCCC(C(N)=O)C2)nc2scc(-c3ccccc3Cl)c12. The number of nitrogens with zero attached hydrogens (tertiary/aromatic N) is 4. The van der Waals surface area contributed by atoms with Gasteiger partial charge in [-0.1, -0.05) is 29.8 Å². The third-order valence-corrected chi connectivity index (χ3v) is 9.14. The molecular weight excluding hydrogens is 482 g/mol. The highest BCUT2D eigenvalue weighted by molar-refractivity contribution is 7.17. The summed E-state index contributed by atoms with van der Waals surface area (Å²) < 4.78 is 5.76. The van der Waals surface area contributed by atoms with E-state index in [2.05, 4.69) is 21.2 Å². The lowest BCUT2D eigenvalue weighted by Crippen LogP contribution is -2.46. The molecule has 3 aromatic rings. The van der Waals surface area contributed by atoms with Gasteiger partial charge in [0.05, 0.1) is 17.4 Å². The number of halogens is 1. The summed E-state index contributed by atoms with van der Waals surface area (Å²) in [5.41, 5.74) is 7.75. The van der Waals surface area contributed by atoms with Crippen molar-refractivity contribution >= 4 is 50.8 Å². The Morgan fingerprint density at radius 3 is 2.63 bits per heavy atom. The quantitative estimate of drug-likeness (QED) is 0.526. The number of primary amides is 1. The van der Waals surface area contributed by atoms with Gasteiger partial charge in [0.25, 0.3) is 0 Å². The molecule has 2 aromatic heterocycles. The van der Waals surface area contributed by atoms with E-state index in [1.165, 1.54) is 0 Å². The maximum atomic E-state index is 11.9. The number of rotatable bonds is 5. The number of piperidine rings is 2. The van der Waals surface area contributed by atoms with Crippen LogP contribution in [0.1, 0.15) is 38.5 Å². The Labute approximate surface area is 214 Å². The molecule has 7 nitrogen and oxygen atoms in total. The Morgan fingerprint density at radius 1 is 1.14 bits per heavy atom. The molecule has 0 aliphatic carbocycles. The molecule has 35 heavy (non-hydrogen) atoms. The zero-order valence-electron chi connectivity index (χ0n) is 19.8. The van der Waals surface area contributed by atoms with Crippen LogP contribution >= 0.6 is 22.9 Å². The van der Waals surface area contributed by atoms with E-state index in [1.807, 2.05) is 25.3 Å². The van der Waals surface area contributed by atoms with Crippen molar-refractivity contribution in [2.45, 2.75) is 56.7 Å². The normalized spacial score (nSPS) is 26.5. The summed E-state index contributed by atoms with van der Waals surface area (Å²) in [7, 11) is 1.82. The van der Waals surface area contributed by atoms with E-state index >= 15 is 0 Å². The van der Waals surface area contributed by atoms with Crippen molar-refractivity contribution < 1.29 is 9.53 Å². The highest BCUT2D eigenvalue weighted by Crippen LogP contribution is 2.47. The molecule has 3 saturated heterocycles. The number of carbonyl (C=O) groups excluding carboxylic acids is 1. The highest BCUT2D eigenvalue weighted by atomic mass is 35.5. The van der Waals surface area contributed by atoms with Crippen LogP contribution in [0.25, 0.3) is 21.3 Å².